The van der Waals surface area contributed by atoms with Crippen molar-refractivity contribution in [3.05, 3.63) is 46.7 Å². The lowest BCUT2D eigenvalue weighted by Gasteiger charge is -2.14. The molecule has 0 saturated heterocycles. The number of nitrogens with zero attached hydrogens (tertiary/aromatic N) is 5. The second-order valence-corrected chi connectivity index (χ2v) is 5.42. The number of anilines is 1. The minimum atomic E-state index is 0.166. The molecule has 20 heavy (non-hydrogen) atoms. The largest absolute Gasteiger partial charge is 0.376 e. The summed E-state index contributed by atoms with van der Waals surface area (Å²) in [6.45, 7) is 4.13. The van der Waals surface area contributed by atoms with Crippen molar-refractivity contribution in [1.82, 2.24) is 25.2 Å². The SMILES string of the molecule is Cc1ccc(NC(C)c2nccs2)cc1-n1cnnn1. The van der Waals surface area contributed by atoms with Gasteiger partial charge in [0, 0.05) is 17.3 Å². The molecular formula is C13H14N6S. The van der Waals surface area contributed by atoms with Gasteiger partial charge in [0.2, 0.25) is 0 Å². The molecule has 3 rings (SSSR count). The monoisotopic (exact) mass is 286 g/mol. The molecule has 1 N–H and O–H groups in total. The molecule has 0 spiro atoms. The van der Waals surface area contributed by atoms with Crippen LogP contribution in [0.25, 0.3) is 5.69 Å². The van der Waals surface area contributed by atoms with Crippen LogP contribution in [0.1, 0.15) is 23.5 Å². The van der Waals surface area contributed by atoms with Crippen molar-refractivity contribution < 1.29 is 0 Å². The molecule has 1 atom stereocenters. The minimum absolute atomic E-state index is 0.166. The smallest absolute Gasteiger partial charge is 0.143 e. The Labute approximate surface area is 120 Å². The van der Waals surface area contributed by atoms with Gasteiger partial charge in [-0.2, -0.15) is 0 Å². The summed E-state index contributed by atoms with van der Waals surface area (Å²) < 4.78 is 1.66. The van der Waals surface area contributed by atoms with Crippen molar-refractivity contribution >= 4 is 17.0 Å². The zero-order valence-corrected chi connectivity index (χ0v) is 12.0. The number of hydrogen-bond acceptors (Lipinski definition) is 6. The van der Waals surface area contributed by atoms with E-state index in [0.717, 1.165) is 21.9 Å². The van der Waals surface area contributed by atoms with E-state index in [2.05, 4.69) is 32.7 Å². The molecule has 0 aliphatic carbocycles. The summed E-state index contributed by atoms with van der Waals surface area (Å²) in [7, 11) is 0. The molecule has 6 nitrogen and oxygen atoms in total. The van der Waals surface area contributed by atoms with Crippen molar-refractivity contribution in [3.63, 3.8) is 0 Å². The van der Waals surface area contributed by atoms with Crippen LogP contribution in [0.2, 0.25) is 0 Å². The molecule has 2 heterocycles. The van der Waals surface area contributed by atoms with E-state index in [0.29, 0.717) is 0 Å². The van der Waals surface area contributed by atoms with Crippen molar-refractivity contribution in [3.8, 4) is 5.69 Å². The van der Waals surface area contributed by atoms with Crippen LogP contribution in [-0.4, -0.2) is 25.2 Å². The van der Waals surface area contributed by atoms with Crippen molar-refractivity contribution in [2.45, 2.75) is 19.9 Å². The highest BCUT2D eigenvalue weighted by molar-refractivity contribution is 7.09. The van der Waals surface area contributed by atoms with Crippen LogP contribution >= 0.6 is 11.3 Å². The number of tetrazole rings is 1. The molecule has 0 radical (unpaired) electrons. The maximum absolute atomic E-state index is 4.32. The Hall–Kier alpha value is -2.28. The standard InChI is InChI=1S/C13H14N6S/c1-9-3-4-11(7-12(9)19-8-15-17-18-19)16-10(2)13-14-5-6-20-13/h3-8,10,16H,1-2H3. The maximum Gasteiger partial charge on any atom is 0.143 e. The fourth-order valence-corrected chi connectivity index (χ4v) is 2.62. The van der Waals surface area contributed by atoms with E-state index in [1.807, 2.05) is 36.7 Å². The highest BCUT2D eigenvalue weighted by Crippen LogP contribution is 2.24. The van der Waals surface area contributed by atoms with Gasteiger partial charge < -0.3 is 5.32 Å². The molecule has 2 aromatic heterocycles. The van der Waals surface area contributed by atoms with Crippen LogP contribution in [0.4, 0.5) is 5.69 Å². The summed E-state index contributed by atoms with van der Waals surface area (Å²) in [5.74, 6) is 0. The van der Waals surface area contributed by atoms with Gasteiger partial charge in [-0.1, -0.05) is 6.07 Å². The van der Waals surface area contributed by atoms with Crippen LogP contribution < -0.4 is 5.32 Å². The zero-order chi connectivity index (χ0) is 13.9. The first kappa shape index (κ1) is 12.7. The molecule has 102 valence electrons. The molecule has 0 saturated carbocycles. The predicted octanol–water partition coefficient (Wildman–Crippen LogP) is 2.60. The Morgan fingerprint density at radius 2 is 2.25 bits per heavy atom. The molecule has 1 unspecified atom stereocenters. The average Bonchev–Trinajstić information content (AvgIpc) is 3.14. The molecule has 7 heteroatoms. The van der Waals surface area contributed by atoms with Crippen molar-refractivity contribution in [2.75, 3.05) is 5.32 Å². The summed E-state index contributed by atoms with van der Waals surface area (Å²) in [5.41, 5.74) is 3.10. The van der Waals surface area contributed by atoms with Crippen molar-refractivity contribution in [2.24, 2.45) is 0 Å². The average molecular weight is 286 g/mol. The van der Waals surface area contributed by atoms with E-state index >= 15 is 0 Å². The molecule has 0 aliphatic rings. The number of rotatable bonds is 4. The first-order valence-corrected chi connectivity index (χ1v) is 7.12. The fourth-order valence-electron chi connectivity index (χ4n) is 1.98. The normalized spacial score (nSPS) is 12.3. The second-order valence-electron chi connectivity index (χ2n) is 4.49. The minimum Gasteiger partial charge on any atom is -0.376 e. The number of benzene rings is 1. The van der Waals surface area contributed by atoms with Gasteiger partial charge in [0.1, 0.15) is 11.3 Å². The van der Waals surface area contributed by atoms with E-state index in [-0.39, 0.29) is 6.04 Å². The molecule has 0 aliphatic heterocycles. The first-order chi connectivity index (χ1) is 9.74. The lowest BCUT2D eigenvalue weighted by molar-refractivity contribution is 0.784. The van der Waals surface area contributed by atoms with Gasteiger partial charge in [-0.3, -0.25) is 0 Å². The first-order valence-electron chi connectivity index (χ1n) is 6.24. The third-order valence-corrected chi connectivity index (χ3v) is 3.97. The molecular weight excluding hydrogens is 272 g/mol. The van der Waals surface area contributed by atoms with Crippen LogP contribution in [0.3, 0.4) is 0 Å². The quantitative estimate of drug-likeness (QED) is 0.798. The lowest BCUT2D eigenvalue weighted by atomic mass is 10.1. The molecule has 1 aromatic carbocycles. The second kappa shape index (κ2) is 5.38. The van der Waals surface area contributed by atoms with Gasteiger partial charge in [0.25, 0.3) is 0 Å². The Morgan fingerprint density at radius 1 is 1.35 bits per heavy atom. The van der Waals surface area contributed by atoms with Crippen molar-refractivity contribution in [1.29, 1.82) is 0 Å². The predicted molar refractivity (Wildman–Crippen MR) is 78.0 cm³/mol. The highest BCUT2D eigenvalue weighted by Gasteiger charge is 2.09. The van der Waals surface area contributed by atoms with Gasteiger partial charge in [-0.15, -0.1) is 16.4 Å². The number of aryl methyl sites for hydroxylation is 1. The Kier molecular flexibility index (Phi) is 3.42. The molecule has 0 fully saturated rings. The molecule has 0 bridgehead atoms. The van der Waals surface area contributed by atoms with Gasteiger partial charge in [0.05, 0.1) is 11.7 Å². The maximum atomic E-state index is 4.32. The number of hydrogen-bond donors (Lipinski definition) is 1. The summed E-state index contributed by atoms with van der Waals surface area (Å²) in [6.07, 6.45) is 3.41. The summed E-state index contributed by atoms with van der Waals surface area (Å²) >= 11 is 1.64. The number of aromatic nitrogens is 5. The Bertz CT molecular complexity index is 677. The highest BCUT2D eigenvalue weighted by atomic mass is 32.1. The van der Waals surface area contributed by atoms with Crippen LogP contribution in [-0.2, 0) is 0 Å². The van der Waals surface area contributed by atoms with Gasteiger partial charge in [-0.05, 0) is 42.0 Å². The summed E-state index contributed by atoms with van der Waals surface area (Å²) in [5, 5.41) is 17.8. The third kappa shape index (κ3) is 2.53. The molecule has 0 amide bonds. The van der Waals surface area contributed by atoms with E-state index < -0.39 is 0 Å². The van der Waals surface area contributed by atoms with Crippen LogP contribution in [0.5, 0.6) is 0 Å². The van der Waals surface area contributed by atoms with Gasteiger partial charge in [0.15, 0.2) is 0 Å². The van der Waals surface area contributed by atoms with E-state index in [9.17, 15) is 0 Å². The van der Waals surface area contributed by atoms with Gasteiger partial charge >= 0.3 is 0 Å². The summed E-state index contributed by atoms with van der Waals surface area (Å²) in [4.78, 5) is 4.32. The summed E-state index contributed by atoms with van der Waals surface area (Å²) in [6, 6.07) is 6.30. The van der Waals surface area contributed by atoms with Gasteiger partial charge in [-0.25, -0.2) is 9.67 Å². The topological polar surface area (TPSA) is 68.5 Å². The lowest BCUT2D eigenvalue weighted by Crippen LogP contribution is -2.07. The molecule has 3 aromatic rings. The number of thiazole rings is 1. The van der Waals surface area contributed by atoms with Crippen LogP contribution in [0, 0.1) is 6.92 Å². The Morgan fingerprint density at radius 3 is 2.95 bits per heavy atom. The fraction of sp³-hybridized carbons (Fsp3) is 0.231. The van der Waals surface area contributed by atoms with Crippen LogP contribution in [0.15, 0.2) is 36.1 Å². The third-order valence-electron chi connectivity index (χ3n) is 3.01. The van der Waals surface area contributed by atoms with E-state index in [4.69, 9.17) is 0 Å². The van der Waals surface area contributed by atoms with E-state index in [1.165, 1.54) is 0 Å². The zero-order valence-electron chi connectivity index (χ0n) is 11.2. The van der Waals surface area contributed by atoms with E-state index in [1.54, 1.807) is 22.3 Å². The number of nitrogens with one attached hydrogen (secondary N) is 1. The Balaban J connectivity index is 1.86.